The van der Waals surface area contributed by atoms with E-state index in [0.29, 0.717) is 22.2 Å². The number of halogens is 2. The van der Waals surface area contributed by atoms with E-state index < -0.39 is 10.8 Å². The van der Waals surface area contributed by atoms with Gasteiger partial charge in [0, 0.05) is 20.9 Å². The van der Waals surface area contributed by atoms with Gasteiger partial charge in [0.15, 0.2) is 5.76 Å². The lowest BCUT2D eigenvalue weighted by atomic mass is 10.2. The van der Waals surface area contributed by atoms with Gasteiger partial charge in [-0.05, 0) is 54.1 Å². The van der Waals surface area contributed by atoms with Crippen molar-refractivity contribution in [3.8, 4) is 0 Å². The summed E-state index contributed by atoms with van der Waals surface area (Å²) in [7, 11) is -1.27. The molecule has 0 aliphatic heterocycles. The lowest BCUT2D eigenvalue weighted by Crippen LogP contribution is -2.22. The summed E-state index contributed by atoms with van der Waals surface area (Å²) in [4.78, 5) is 12.9. The molecule has 1 heterocycles. The Balaban J connectivity index is 1.59. The van der Waals surface area contributed by atoms with Gasteiger partial charge in [-0.2, -0.15) is 0 Å². The van der Waals surface area contributed by atoms with E-state index in [0.717, 1.165) is 10.0 Å². The van der Waals surface area contributed by atoms with Crippen LogP contribution in [0, 0.1) is 0 Å². The van der Waals surface area contributed by atoms with Gasteiger partial charge in [0.2, 0.25) is 0 Å². The van der Waals surface area contributed by atoms with Crippen molar-refractivity contribution >= 4 is 44.2 Å². The van der Waals surface area contributed by atoms with Gasteiger partial charge < -0.3 is 9.73 Å². The summed E-state index contributed by atoms with van der Waals surface area (Å²) in [6.45, 7) is 0.394. The second-order valence-electron chi connectivity index (χ2n) is 5.52. The molecule has 1 unspecified atom stereocenters. The van der Waals surface area contributed by atoms with E-state index in [1.54, 1.807) is 36.4 Å². The summed E-state index contributed by atoms with van der Waals surface area (Å²) >= 11 is 9.23. The second-order valence-corrected chi connectivity index (χ2v) is 8.33. The smallest absolute Gasteiger partial charge is 0.287 e. The molecule has 0 saturated carbocycles. The first-order valence-corrected chi connectivity index (χ1v) is 10.3. The highest BCUT2D eigenvalue weighted by Crippen LogP contribution is 2.18. The van der Waals surface area contributed by atoms with Gasteiger partial charge in [0.05, 0.1) is 16.6 Å². The minimum Gasteiger partial charge on any atom is -0.455 e. The van der Waals surface area contributed by atoms with Crippen LogP contribution in [-0.4, -0.2) is 10.1 Å². The Morgan fingerprint density at radius 3 is 2.62 bits per heavy atom. The van der Waals surface area contributed by atoms with Crippen LogP contribution < -0.4 is 5.32 Å². The fourth-order valence-electron chi connectivity index (χ4n) is 2.29. The van der Waals surface area contributed by atoms with Crippen LogP contribution in [0.15, 0.2) is 74.4 Å². The Morgan fingerprint density at radius 1 is 1.12 bits per heavy atom. The molecule has 0 aliphatic rings. The molecule has 1 amide bonds. The maximum absolute atomic E-state index is 12.4. The molecule has 0 fully saturated rings. The molecule has 1 N–H and O–H groups in total. The first-order chi connectivity index (χ1) is 12.5. The van der Waals surface area contributed by atoms with Crippen LogP contribution in [0.4, 0.5) is 0 Å². The minimum absolute atomic E-state index is 0.195. The van der Waals surface area contributed by atoms with Crippen molar-refractivity contribution in [2.24, 2.45) is 0 Å². The van der Waals surface area contributed by atoms with Crippen LogP contribution in [-0.2, 0) is 23.1 Å². The van der Waals surface area contributed by atoms with Crippen LogP contribution in [0.3, 0.4) is 0 Å². The number of furan rings is 1. The Morgan fingerprint density at radius 2 is 1.88 bits per heavy atom. The third kappa shape index (κ3) is 5.06. The van der Waals surface area contributed by atoms with Gasteiger partial charge in [-0.15, -0.1) is 0 Å². The van der Waals surface area contributed by atoms with Crippen molar-refractivity contribution < 1.29 is 13.4 Å². The van der Waals surface area contributed by atoms with Gasteiger partial charge in [-0.3, -0.25) is 9.00 Å². The molecule has 3 aromatic rings. The second kappa shape index (κ2) is 8.66. The Hall–Kier alpha value is -1.89. The monoisotopic (exact) mass is 451 g/mol. The van der Waals surface area contributed by atoms with E-state index in [1.165, 1.54) is 0 Å². The lowest BCUT2D eigenvalue weighted by molar-refractivity contribution is 0.0921. The fraction of sp³-hybridized carbons (Fsp3) is 0.105. The zero-order chi connectivity index (χ0) is 18.5. The van der Waals surface area contributed by atoms with Crippen molar-refractivity contribution in [2.75, 3.05) is 0 Å². The number of hydrogen-bond donors (Lipinski definition) is 1. The molecule has 0 saturated heterocycles. The van der Waals surface area contributed by atoms with E-state index in [-0.39, 0.29) is 17.4 Å². The molecule has 3 rings (SSSR count). The minimum atomic E-state index is -1.27. The summed E-state index contributed by atoms with van der Waals surface area (Å²) in [5.41, 5.74) is 0.975. The predicted octanol–water partition coefficient (Wildman–Crippen LogP) is 4.93. The van der Waals surface area contributed by atoms with Gasteiger partial charge in [-0.1, -0.05) is 39.7 Å². The van der Waals surface area contributed by atoms with E-state index in [1.807, 2.05) is 24.3 Å². The number of benzene rings is 2. The summed E-state index contributed by atoms with van der Waals surface area (Å²) < 4.78 is 18.8. The first kappa shape index (κ1) is 18.9. The predicted molar refractivity (Wildman–Crippen MR) is 106 cm³/mol. The molecule has 26 heavy (non-hydrogen) atoms. The summed E-state index contributed by atoms with van der Waals surface area (Å²) in [5, 5.41) is 3.39. The summed E-state index contributed by atoms with van der Waals surface area (Å²) in [6, 6.07) is 17.8. The molecule has 4 nitrogen and oxygen atoms in total. The Kier molecular flexibility index (Phi) is 6.29. The van der Waals surface area contributed by atoms with Gasteiger partial charge >= 0.3 is 0 Å². The van der Waals surface area contributed by atoms with Gasteiger partial charge in [-0.25, -0.2) is 0 Å². The van der Waals surface area contributed by atoms with Crippen molar-refractivity contribution in [1.29, 1.82) is 0 Å². The Bertz CT molecular complexity index is 940. The molecule has 0 bridgehead atoms. The highest BCUT2D eigenvalue weighted by atomic mass is 79.9. The summed E-state index contributed by atoms with van der Waals surface area (Å²) in [5.74, 6) is 0.572. The average molecular weight is 453 g/mol. The van der Waals surface area contributed by atoms with Crippen molar-refractivity contribution in [3.63, 3.8) is 0 Å². The normalized spacial score (nSPS) is 11.9. The van der Waals surface area contributed by atoms with Crippen molar-refractivity contribution in [3.05, 3.63) is 87.2 Å². The molecule has 1 atom stereocenters. The van der Waals surface area contributed by atoms with Crippen LogP contribution in [0.25, 0.3) is 0 Å². The largest absolute Gasteiger partial charge is 0.455 e. The van der Waals surface area contributed by atoms with Crippen LogP contribution in [0.2, 0.25) is 5.02 Å². The molecule has 134 valence electrons. The maximum atomic E-state index is 12.4. The number of amides is 1. The van der Waals surface area contributed by atoms with E-state index >= 15 is 0 Å². The third-order valence-corrected chi connectivity index (χ3v) is 5.67. The standard InChI is InChI=1S/C19H15BrClNO3S/c20-14-3-1-2-13(10-14)11-22-19(23)18-9-6-16(25-18)12-26(24)17-7-4-15(21)5-8-17/h1-10H,11-12H2,(H,22,23). The zero-order valence-electron chi connectivity index (χ0n) is 13.6. The Labute approximate surface area is 167 Å². The highest BCUT2D eigenvalue weighted by molar-refractivity contribution is 9.10. The highest BCUT2D eigenvalue weighted by Gasteiger charge is 2.13. The molecule has 0 spiro atoms. The number of carbonyl (C=O) groups is 1. The van der Waals surface area contributed by atoms with E-state index in [2.05, 4.69) is 21.2 Å². The average Bonchev–Trinajstić information content (AvgIpc) is 3.09. The topological polar surface area (TPSA) is 59.3 Å². The molecule has 1 aromatic heterocycles. The van der Waals surface area contributed by atoms with Crippen molar-refractivity contribution in [2.45, 2.75) is 17.2 Å². The molecule has 7 heteroatoms. The lowest BCUT2D eigenvalue weighted by Gasteiger charge is -2.04. The van der Waals surface area contributed by atoms with Gasteiger partial charge in [0.25, 0.3) is 5.91 Å². The SMILES string of the molecule is O=C(NCc1cccc(Br)c1)c1ccc(CS(=O)c2ccc(Cl)cc2)o1. The number of hydrogen-bond acceptors (Lipinski definition) is 3. The van der Waals surface area contributed by atoms with Crippen LogP contribution in [0.5, 0.6) is 0 Å². The third-order valence-electron chi connectivity index (χ3n) is 3.58. The van der Waals surface area contributed by atoms with Gasteiger partial charge in [0.1, 0.15) is 5.76 Å². The van der Waals surface area contributed by atoms with E-state index in [4.69, 9.17) is 16.0 Å². The fourth-order valence-corrected chi connectivity index (χ4v) is 3.89. The number of rotatable bonds is 6. The van der Waals surface area contributed by atoms with Crippen LogP contribution >= 0.6 is 27.5 Å². The molecule has 0 aliphatic carbocycles. The molecular formula is C19H15BrClNO3S. The molecular weight excluding hydrogens is 438 g/mol. The summed E-state index contributed by atoms with van der Waals surface area (Å²) in [6.07, 6.45) is 0. The zero-order valence-corrected chi connectivity index (χ0v) is 16.7. The number of carbonyl (C=O) groups excluding carboxylic acids is 1. The molecule has 0 radical (unpaired) electrons. The quantitative estimate of drug-likeness (QED) is 0.577. The van der Waals surface area contributed by atoms with Crippen molar-refractivity contribution in [1.82, 2.24) is 5.32 Å². The maximum Gasteiger partial charge on any atom is 0.287 e. The van der Waals surface area contributed by atoms with Crippen LogP contribution in [0.1, 0.15) is 21.9 Å². The van der Waals surface area contributed by atoms with E-state index in [9.17, 15) is 9.00 Å². The first-order valence-electron chi connectivity index (χ1n) is 7.76. The molecule has 2 aromatic carbocycles. The number of nitrogens with one attached hydrogen (secondary N) is 1.